The zero-order valence-electron chi connectivity index (χ0n) is 23.6. The fourth-order valence-corrected chi connectivity index (χ4v) is 4.84. The topological polar surface area (TPSA) is 178 Å². The van der Waals surface area contributed by atoms with Crippen molar-refractivity contribution in [1.29, 1.82) is 0 Å². The van der Waals surface area contributed by atoms with Crippen LogP contribution in [0.1, 0.15) is 53.7 Å². The van der Waals surface area contributed by atoms with E-state index in [-0.39, 0.29) is 0 Å². The third-order valence-corrected chi connectivity index (χ3v) is 6.88. The van der Waals surface area contributed by atoms with Gasteiger partial charge in [0.2, 0.25) is 0 Å². The maximum absolute atomic E-state index is 13.1. The van der Waals surface area contributed by atoms with Gasteiger partial charge in [0.05, 0.1) is 5.52 Å². The Balaban J connectivity index is 0.000000676. The smallest absolute Gasteiger partial charge is 0.489 e. The summed E-state index contributed by atoms with van der Waals surface area (Å²) in [6.45, 7) is 1.67. The first kappa shape index (κ1) is 33.6. The number of hydroxylamine groups is 1. The molecule has 0 aliphatic heterocycles. The van der Waals surface area contributed by atoms with Crippen LogP contribution in [0.3, 0.4) is 0 Å². The summed E-state index contributed by atoms with van der Waals surface area (Å²) >= 11 is 0. The van der Waals surface area contributed by atoms with Crippen molar-refractivity contribution in [3.63, 3.8) is 0 Å². The summed E-state index contributed by atoms with van der Waals surface area (Å²) in [5.74, 6) is -3.51. The molecule has 4 rings (SSSR count). The van der Waals surface area contributed by atoms with Crippen LogP contribution < -0.4 is 15.5 Å². The summed E-state index contributed by atoms with van der Waals surface area (Å²) in [6, 6.07) is 16.4. The lowest BCUT2D eigenvalue weighted by atomic mass is 9.87. The first-order valence-corrected chi connectivity index (χ1v) is 13.4. The van der Waals surface area contributed by atoms with E-state index in [0.717, 1.165) is 33.5 Å². The van der Waals surface area contributed by atoms with Crippen LogP contribution in [0.2, 0.25) is 0 Å². The molecule has 0 bridgehead atoms. The molecule has 1 heterocycles. The number of fused-ring (bicyclic) bond motifs is 1. The number of aromatic nitrogens is 1. The molecular formula is C29H31F3N4O8. The number of alkyl halides is 3. The third kappa shape index (κ3) is 8.80. The van der Waals surface area contributed by atoms with Gasteiger partial charge in [0.25, 0.3) is 11.8 Å². The van der Waals surface area contributed by atoms with E-state index in [4.69, 9.17) is 19.8 Å². The van der Waals surface area contributed by atoms with E-state index < -0.39 is 42.3 Å². The van der Waals surface area contributed by atoms with Crippen LogP contribution in [0.15, 0.2) is 54.6 Å². The van der Waals surface area contributed by atoms with Crippen LogP contribution in [0, 0.1) is 6.92 Å². The number of pyridine rings is 1. The Hall–Kier alpha value is -4.92. The van der Waals surface area contributed by atoms with Crippen LogP contribution in [0.25, 0.3) is 10.9 Å². The molecule has 0 unspecified atom stereocenters. The SMILES string of the molecule is Cc1cc(COc2ccc(C(=O)NC3(N(CC(=O)NO)C(=O)O)CCCCC3)cc2)c2ccccc2n1.O=C(O)C(F)(F)F. The van der Waals surface area contributed by atoms with E-state index in [0.29, 0.717) is 43.6 Å². The number of carboxylic acid groups (broad SMARTS) is 2. The first-order valence-electron chi connectivity index (χ1n) is 13.4. The van der Waals surface area contributed by atoms with Gasteiger partial charge in [0.15, 0.2) is 0 Å². The number of carbonyl (C=O) groups is 4. The molecule has 1 saturated carbocycles. The van der Waals surface area contributed by atoms with Crippen molar-refractivity contribution in [2.75, 3.05) is 6.54 Å². The Morgan fingerprint density at radius 1 is 1.00 bits per heavy atom. The standard InChI is InChI=1S/C27H30N4O6.C2HF3O2/c1-18-15-20(22-7-3-4-8-23(22)28-18)17-37-21-11-9-19(10-12-21)25(33)29-27(13-5-2-6-14-27)31(26(34)35)16-24(32)30-36;3-2(4,5)1(6)7/h3-4,7-12,15,36H,2,5-6,13-14,16-17H2,1H3,(H,29,33)(H,30,32)(H,34,35);(H,6,7). The lowest BCUT2D eigenvalue weighted by molar-refractivity contribution is -0.192. The van der Waals surface area contributed by atoms with Crippen LogP contribution in [0.5, 0.6) is 5.75 Å². The zero-order chi connectivity index (χ0) is 32.5. The number of amides is 3. The lowest BCUT2D eigenvalue weighted by Gasteiger charge is -2.45. The van der Waals surface area contributed by atoms with Crippen molar-refractivity contribution < 1.29 is 52.5 Å². The summed E-state index contributed by atoms with van der Waals surface area (Å²) in [6.07, 6.45) is -3.42. The van der Waals surface area contributed by atoms with Gasteiger partial charge in [-0.2, -0.15) is 13.2 Å². The highest BCUT2D eigenvalue weighted by Crippen LogP contribution is 2.32. The number of benzene rings is 2. The number of nitrogens with zero attached hydrogens (tertiary/aromatic N) is 2. The predicted octanol–water partition coefficient (Wildman–Crippen LogP) is 4.63. The number of nitrogens with one attached hydrogen (secondary N) is 2. The number of halogens is 3. The Labute approximate surface area is 249 Å². The van der Waals surface area contributed by atoms with Gasteiger partial charge in [-0.25, -0.2) is 15.1 Å². The quantitative estimate of drug-likeness (QED) is 0.136. The number of aliphatic carboxylic acids is 1. The van der Waals surface area contributed by atoms with Gasteiger partial charge in [-0.1, -0.05) is 24.6 Å². The van der Waals surface area contributed by atoms with Gasteiger partial charge >= 0.3 is 18.2 Å². The van der Waals surface area contributed by atoms with Crippen LogP contribution in [0.4, 0.5) is 18.0 Å². The highest BCUT2D eigenvalue weighted by atomic mass is 19.4. The molecule has 44 heavy (non-hydrogen) atoms. The van der Waals surface area contributed by atoms with Gasteiger partial charge in [-0.15, -0.1) is 0 Å². The molecular weight excluding hydrogens is 589 g/mol. The summed E-state index contributed by atoms with van der Waals surface area (Å²) in [7, 11) is 0. The summed E-state index contributed by atoms with van der Waals surface area (Å²) < 4.78 is 37.7. The molecule has 0 atom stereocenters. The Bertz CT molecular complexity index is 1490. The second-order valence-electron chi connectivity index (χ2n) is 10.0. The van der Waals surface area contributed by atoms with Crippen molar-refractivity contribution in [1.82, 2.24) is 20.7 Å². The van der Waals surface area contributed by atoms with E-state index in [1.165, 1.54) is 5.48 Å². The normalized spacial score (nSPS) is 14.0. The fraction of sp³-hybridized carbons (Fsp3) is 0.345. The highest BCUT2D eigenvalue weighted by molar-refractivity contribution is 5.95. The van der Waals surface area contributed by atoms with E-state index in [9.17, 15) is 32.7 Å². The minimum Gasteiger partial charge on any atom is -0.489 e. The molecule has 1 aliphatic rings. The van der Waals surface area contributed by atoms with Gasteiger partial charge in [-0.05, 0) is 69.0 Å². The monoisotopic (exact) mass is 620 g/mol. The summed E-state index contributed by atoms with van der Waals surface area (Å²) in [5, 5.41) is 29.7. The summed E-state index contributed by atoms with van der Waals surface area (Å²) in [5.41, 5.74) is 3.35. The van der Waals surface area contributed by atoms with Crippen LogP contribution >= 0.6 is 0 Å². The number of hydrogen-bond acceptors (Lipinski definition) is 7. The molecule has 12 nitrogen and oxygen atoms in total. The van der Waals surface area contributed by atoms with Crippen LogP contribution in [-0.4, -0.2) is 67.6 Å². The molecule has 0 radical (unpaired) electrons. The second kappa shape index (κ2) is 14.5. The Morgan fingerprint density at radius 3 is 2.18 bits per heavy atom. The minimum absolute atomic E-state index is 0.332. The molecule has 0 saturated heterocycles. The minimum atomic E-state index is -5.08. The van der Waals surface area contributed by atoms with Crippen molar-refractivity contribution in [2.45, 2.75) is 57.5 Å². The maximum Gasteiger partial charge on any atom is 0.490 e. The average molecular weight is 621 g/mol. The Morgan fingerprint density at radius 2 is 1.61 bits per heavy atom. The van der Waals surface area contributed by atoms with E-state index >= 15 is 0 Å². The van der Waals surface area contributed by atoms with Crippen molar-refractivity contribution in [3.05, 3.63) is 71.4 Å². The maximum atomic E-state index is 13.1. The van der Waals surface area contributed by atoms with Crippen molar-refractivity contribution in [3.8, 4) is 5.75 Å². The van der Waals surface area contributed by atoms with E-state index in [2.05, 4.69) is 10.3 Å². The number of rotatable bonds is 8. The molecule has 15 heteroatoms. The predicted molar refractivity (Wildman–Crippen MR) is 149 cm³/mol. The largest absolute Gasteiger partial charge is 0.490 e. The van der Waals surface area contributed by atoms with Gasteiger partial charge in [0, 0.05) is 22.2 Å². The van der Waals surface area contributed by atoms with Crippen LogP contribution in [-0.2, 0) is 16.2 Å². The molecule has 236 valence electrons. The Kier molecular flexibility index (Phi) is 11.1. The molecule has 1 aromatic heterocycles. The van der Waals surface area contributed by atoms with E-state index in [1.54, 1.807) is 24.3 Å². The second-order valence-corrected chi connectivity index (χ2v) is 10.0. The number of hydrogen-bond donors (Lipinski definition) is 5. The molecule has 3 aromatic rings. The van der Waals surface area contributed by atoms with Gasteiger partial charge in [-0.3, -0.25) is 24.7 Å². The number of para-hydroxylation sites is 1. The number of carbonyl (C=O) groups excluding carboxylic acids is 2. The molecule has 1 fully saturated rings. The molecule has 3 amide bonds. The number of carboxylic acids is 1. The van der Waals surface area contributed by atoms with Gasteiger partial charge in [0.1, 0.15) is 24.6 Å². The number of ether oxygens (including phenoxy) is 1. The van der Waals surface area contributed by atoms with Crippen molar-refractivity contribution >= 4 is 34.8 Å². The molecule has 2 aromatic carbocycles. The van der Waals surface area contributed by atoms with Gasteiger partial charge < -0.3 is 20.3 Å². The first-order chi connectivity index (χ1) is 20.8. The molecule has 0 spiro atoms. The average Bonchev–Trinajstić information content (AvgIpc) is 2.98. The fourth-order valence-electron chi connectivity index (χ4n) is 4.84. The third-order valence-electron chi connectivity index (χ3n) is 6.88. The molecule has 5 N–H and O–H groups in total. The number of aryl methyl sites for hydroxylation is 1. The van der Waals surface area contributed by atoms with Crippen molar-refractivity contribution in [2.24, 2.45) is 0 Å². The molecule has 1 aliphatic carbocycles. The zero-order valence-corrected chi connectivity index (χ0v) is 23.6. The lowest BCUT2D eigenvalue weighted by Crippen LogP contribution is -2.64. The van der Waals surface area contributed by atoms with E-state index in [1.807, 2.05) is 37.3 Å². The highest BCUT2D eigenvalue weighted by Gasteiger charge is 2.43. The summed E-state index contributed by atoms with van der Waals surface area (Å²) in [4.78, 5) is 51.3.